The number of ether oxygens (including phenoxy) is 3. The Hall–Kier alpha value is -4.05. The first-order valence-corrected chi connectivity index (χ1v) is 12.1. The number of hydrogen-bond donors (Lipinski definition) is 2. The van der Waals surface area contributed by atoms with E-state index in [2.05, 4.69) is 20.6 Å². The summed E-state index contributed by atoms with van der Waals surface area (Å²) in [5.74, 6) is 1.61. The maximum atomic E-state index is 13.0. The summed E-state index contributed by atoms with van der Waals surface area (Å²) in [5.41, 5.74) is 1.46. The predicted molar refractivity (Wildman–Crippen MR) is 142 cm³/mol. The van der Waals surface area contributed by atoms with E-state index < -0.39 is 18.3 Å². The number of piperidine rings is 1. The fraction of sp³-hybridized carbons (Fsp3) is 0.308. The number of nitrogens with one attached hydrogen (secondary N) is 2. The molecule has 3 amide bonds. The van der Waals surface area contributed by atoms with E-state index in [4.69, 9.17) is 25.8 Å². The highest BCUT2D eigenvalue weighted by Crippen LogP contribution is 2.34. The van der Waals surface area contributed by atoms with Gasteiger partial charge in [-0.1, -0.05) is 29.8 Å². The summed E-state index contributed by atoms with van der Waals surface area (Å²) in [7, 11) is 4.38. The quantitative estimate of drug-likeness (QED) is 0.456. The molecule has 1 atom stereocenters. The average Bonchev–Trinajstić information content (AvgIpc) is 2.91. The molecule has 0 spiro atoms. The van der Waals surface area contributed by atoms with Crippen molar-refractivity contribution < 1.29 is 23.8 Å². The van der Waals surface area contributed by atoms with Crippen molar-refractivity contribution in [3.05, 3.63) is 52.8 Å². The molecule has 2 heterocycles. The van der Waals surface area contributed by atoms with Crippen LogP contribution in [0.25, 0.3) is 23.1 Å². The third kappa shape index (κ3) is 6.21. The van der Waals surface area contributed by atoms with E-state index >= 15 is 0 Å². The van der Waals surface area contributed by atoms with Gasteiger partial charge in [0.2, 0.25) is 0 Å². The zero-order valence-corrected chi connectivity index (χ0v) is 21.5. The van der Waals surface area contributed by atoms with Crippen LogP contribution < -0.4 is 20.1 Å². The van der Waals surface area contributed by atoms with Crippen molar-refractivity contribution in [1.82, 2.24) is 20.2 Å². The Labute approximate surface area is 219 Å². The van der Waals surface area contributed by atoms with Gasteiger partial charge < -0.3 is 19.5 Å². The number of benzene rings is 2. The number of anilines is 1. The number of amides is 3. The van der Waals surface area contributed by atoms with Crippen LogP contribution in [0.15, 0.2) is 36.4 Å². The van der Waals surface area contributed by atoms with Crippen molar-refractivity contribution in [3.63, 3.8) is 0 Å². The van der Waals surface area contributed by atoms with E-state index in [1.807, 2.05) is 18.2 Å². The Morgan fingerprint density at radius 3 is 2.46 bits per heavy atom. The Morgan fingerprint density at radius 2 is 1.76 bits per heavy atom. The third-order valence-corrected chi connectivity index (χ3v) is 6.21. The number of likely N-dealkylation sites (tertiary alicyclic amines) is 1. The molecule has 37 heavy (non-hydrogen) atoms. The van der Waals surface area contributed by atoms with Crippen LogP contribution in [0.1, 0.15) is 30.7 Å². The van der Waals surface area contributed by atoms with Gasteiger partial charge in [0.05, 0.1) is 26.8 Å². The normalized spacial score (nSPS) is 15.5. The summed E-state index contributed by atoms with van der Waals surface area (Å²) in [5, 5.41) is 6.88. The molecule has 1 aliphatic rings. The van der Waals surface area contributed by atoms with Gasteiger partial charge in [0.15, 0.2) is 17.3 Å². The lowest BCUT2D eigenvalue weighted by Gasteiger charge is -2.34. The Bertz CT molecular complexity index is 1310. The molecule has 1 fully saturated rings. The zero-order valence-electron chi connectivity index (χ0n) is 20.8. The predicted octanol–water partition coefficient (Wildman–Crippen LogP) is 5.17. The first-order valence-electron chi connectivity index (χ1n) is 11.7. The number of methoxy groups -OCH3 is 3. The standard InChI is InChI=1S/C26H28ClN5O5/c1-35-20-14-18-19(15-21(20)36-2)28-22(12-9-16-7-10-17(27)11-8-16)29-24(18)31-25(33)30-23-6-4-5-13-32(23)26(34)37-3/h7-12,14-15,23H,4-6,13H2,1-3H3,(H2,28,29,30,31,33)/b12-9+. The Balaban J connectivity index is 1.66. The first kappa shape index (κ1) is 26.0. The highest BCUT2D eigenvalue weighted by molar-refractivity contribution is 6.30. The molecule has 1 aliphatic heterocycles. The second kappa shape index (κ2) is 11.8. The number of urea groups is 1. The number of fused-ring (bicyclic) bond motifs is 1. The lowest BCUT2D eigenvalue weighted by Crippen LogP contribution is -2.54. The second-order valence-electron chi connectivity index (χ2n) is 8.31. The van der Waals surface area contributed by atoms with E-state index in [9.17, 15) is 9.59 Å². The largest absolute Gasteiger partial charge is 0.493 e. The van der Waals surface area contributed by atoms with Gasteiger partial charge >= 0.3 is 12.1 Å². The molecule has 1 unspecified atom stereocenters. The summed E-state index contributed by atoms with van der Waals surface area (Å²) in [6.07, 6.45) is 4.95. The molecule has 2 aromatic carbocycles. The van der Waals surface area contributed by atoms with Crippen molar-refractivity contribution >= 4 is 52.6 Å². The molecule has 2 N–H and O–H groups in total. The third-order valence-electron chi connectivity index (χ3n) is 5.95. The lowest BCUT2D eigenvalue weighted by molar-refractivity contribution is 0.0827. The molecular weight excluding hydrogens is 498 g/mol. The smallest absolute Gasteiger partial charge is 0.411 e. The van der Waals surface area contributed by atoms with Gasteiger partial charge in [-0.15, -0.1) is 0 Å². The van der Waals surface area contributed by atoms with Crippen molar-refractivity contribution in [1.29, 1.82) is 0 Å². The summed E-state index contributed by atoms with van der Waals surface area (Å²) < 4.78 is 15.7. The second-order valence-corrected chi connectivity index (χ2v) is 8.75. The average molecular weight is 526 g/mol. The fourth-order valence-corrected chi connectivity index (χ4v) is 4.23. The molecule has 1 saturated heterocycles. The topological polar surface area (TPSA) is 115 Å². The molecule has 0 saturated carbocycles. The van der Waals surface area contributed by atoms with Gasteiger partial charge in [-0.25, -0.2) is 19.6 Å². The van der Waals surface area contributed by atoms with Crippen LogP contribution >= 0.6 is 11.6 Å². The van der Waals surface area contributed by atoms with E-state index in [0.29, 0.717) is 46.2 Å². The number of rotatable bonds is 6. The van der Waals surface area contributed by atoms with Crippen LogP contribution in [0.5, 0.6) is 11.5 Å². The number of hydrogen-bond acceptors (Lipinski definition) is 7. The number of aromatic nitrogens is 2. The van der Waals surface area contributed by atoms with Gasteiger partial charge in [0, 0.05) is 23.0 Å². The van der Waals surface area contributed by atoms with Crippen LogP contribution in [0.4, 0.5) is 15.4 Å². The van der Waals surface area contributed by atoms with E-state index in [1.54, 1.807) is 30.3 Å². The molecule has 4 rings (SSSR count). The first-order chi connectivity index (χ1) is 17.9. The van der Waals surface area contributed by atoms with Gasteiger partial charge in [0.25, 0.3) is 0 Å². The number of carbonyl (C=O) groups is 2. The minimum atomic E-state index is -0.511. The van der Waals surface area contributed by atoms with Crippen molar-refractivity contribution in [2.75, 3.05) is 33.2 Å². The maximum absolute atomic E-state index is 13.0. The maximum Gasteiger partial charge on any atom is 0.411 e. The van der Waals surface area contributed by atoms with E-state index in [1.165, 1.54) is 26.2 Å². The Kier molecular flexibility index (Phi) is 8.29. The van der Waals surface area contributed by atoms with Crippen LogP contribution in [-0.4, -0.2) is 61.0 Å². The van der Waals surface area contributed by atoms with Gasteiger partial charge in [0.1, 0.15) is 12.0 Å². The number of halogens is 1. The van der Waals surface area contributed by atoms with Gasteiger partial charge in [-0.2, -0.15) is 0 Å². The lowest BCUT2D eigenvalue weighted by atomic mass is 10.1. The summed E-state index contributed by atoms with van der Waals surface area (Å²) >= 11 is 5.98. The molecule has 0 bridgehead atoms. The minimum Gasteiger partial charge on any atom is -0.493 e. The van der Waals surface area contributed by atoms with Crippen molar-refractivity contribution in [2.24, 2.45) is 0 Å². The summed E-state index contributed by atoms with van der Waals surface area (Å²) in [6, 6.07) is 10.2. The van der Waals surface area contributed by atoms with Crippen LogP contribution in [0, 0.1) is 0 Å². The van der Waals surface area contributed by atoms with Gasteiger partial charge in [-0.05, 0) is 49.1 Å². The molecule has 10 nitrogen and oxygen atoms in total. The van der Waals surface area contributed by atoms with E-state index in [0.717, 1.165) is 18.4 Å². The molecule has 0 radical (unpaired) electrons. The van der Waals surface area contributed by atoms with Gasteiger partial charge in [-0.3, -0.25) is 10.2 Å². The molecule has 1 aromatic heterocycles. The number of carbonyl (C=O) groups excluding carboxylic acids is 2. The summed E-state index contributed by atoms with van der Waals surface area (Å²) in [6.45, 7) is 0.505. The van der Waals surface area contributed by atoms with Crippen molar-refractivity contribution in [2.45, 2.75) is 25.4 Å². The van der Waals surface area contributed by atoms with Crippen LogP contribution in [-0.2, 0) is 4.74 Å². The van der Waals surface area contributed by atoms with Crippen LogP contribution in [0.3, 0.4) is 0 Å². The zero-order chi connectivity index (χ0) is 26.4. The van der Waals surface area contributed by atoms with Crippen LogP contribution in [0.2, 0.25) is 5.02 Å². The molecule has 194 valence electrons. The summed E-state index contributed by atoms with van der Waals surface area (Å²) in [4.78, 5) is 35.9. The highest BCUT2D eigenvalue weighted by atomic mass is 35.5. The highest BCUT2D eigenvalue weighted by Gasteiger charge is 2.29. The molecule has 11 heteroatoms. The molecule has 3 aromatic rings. The number of nitrogens with zero attached hydrogens (tertiary/aromatic N) is 3. The molecular formula is C26H28ClN5O5. The SMILES string of the molecule is COC(=O)N1CCCCC1NC(=O)Nc1nc(/C=C/c2ccc(Cl)cc2)nc2cc(OC)c(OC)cc12. The fourth-order valence-electron chi connectivity index (χ4n) is 4.10. The Morgan fingerprint density at radius 1 is 1.03 bits per heavy atom. The van der Waals surface area contributed by atoms with Crippen molar-refractivity contribution in [3.8, 4) is 11.5 Å². The van der Waals surface area contributed by atoms with E-state index in [-0.39, 0.29) is 5.82 Å². The molecule has 0 aliphatic carbocycles. The monoisotopic (exact) mass is 525 g/mol. The minimum absolute atomic E-state index is 0.277.